The Balaban J connectivity index is 3.81. The van der Waals surface area contributed by atoms with Gasteiger partial charge in [-0.1, -0.05) is 34.6 Å². The fourth-order valence-corrected chi connectivity index (χ4v) is 1.85. The molecule has 1 N–H and O–H groups in total. The summed E-state index contributed by atoms with van der Waals surface area (Å²) in [5.41, 5.74) is 0.216. The van der Waals surface area contributed by atoms with Crippen LogP contribution in [0.2, 0.25) is 0 Å². The summed E-state index contributed by atoms with van der Waals surface area (Å²) in [4.78, 5) is 11.5. The van der Waals surface area contributed by atoms with E-state index in [1.165, 1.54) is 0 Å². The molecule has 0 aromatic heterocycles. The van der Waals surface area contributed by atoms with E-state index in [0.29, 0.717) is 6.54 Å². The molecule has 3 heteroatoms. The molecule has 0 aliphatic heterocycles. The summed E-state index contributed by atoms with van der Waals surface area (Å²) in [7, 11) is 0. The lowest BCUT2D eigenvalue weighted by Gasteiger charge is -2.22. The Morgan fingerprint density at radius 3 is 2.33 bits per heavy atom. The van der Waals surface area contributed by atoms with Crippen molar-refractivity contribution in [1.82, 2.24) is 5.32 Å². The number of carbonyl (C=O) groups is 1. The molecule has 2 nitrogen and oxygen atoms in total. The maximum Gasteiger partial charge on any atom is 0.222 e. The second-order valence-corrected chi connectivity index (χ2v) is 6.03. The van der Waals surface area contributed by atoms with Gasteiger partial charge in [-0.3, -0.25) is 4.79 Å². The van der Waals surface area contributed by atoms with E-state index in [-0.39, 0.29) is 22.6 Å². The predicted octanol–water partition coefficient (Wildman–Crippen LogP) is 3.19. The molecule has 0 spiro atoms. The third kappa shape index (κ3) is 7.66. The smallest absolute Gasteiger partial charge is 0.222 e. The van der Waals surface area contributed by atoms with Crippen LogP contribution < -0.4 is 5.32 Å². The molecule has 0 aliphatic rings. The van der Waals surface area contributed by atoms with E-state index >= 15 is 0 Å². The molecule has 0 rings (SSSR count). The standard InChI is InChI=1S/C12H24ClNO/c1-6-9(2)11(15)14-8-10(13)7-12(3,4)5/h9-10H,6-8H2,1-5H3,(H,14,15). The Kier molecular flexibility index (Phi) is 6.26. The summed E-state index contributed by atoms with van der Waals surface area (Å²) < 4.78 is 0. The molecular weight excluding hydrogens is 210 g/mol. The average Bonchev–Trinajstić information content (AvgIpc) is 2.10. The highest BCUT2D eigenvalue weighted by Crippen LogP contribution is 2.23. The van der Waals surface area contributed by atoms with Crippen molar-refractivity contribution in [2.24, 2.45) is 11.3 Å². The largest absolute Gasteiger partial charge is 0.354 e. The van der Waals surface area contributed by atoms with Crippen LogP contribution in [-0.4, -0.2) is 17.8 Å². The summed E-state index contributed by atoms with van der Waals surface area (Å²) >= 11 is 6.14. The van der Waals surface area contributed by atoms with Crippen LogP contribution in [0, 0.1) is 11.3 Å². The van der Waals surface area contributed by atoms with Gasteiger partial charge < -0.3 is 5.32 Å². The van der Waals surface area contributed by atoms with Crippen molar-refractivity contribution in [3.8, 4) is 0 Å². The first-order chi connectivity index (χ1) is 6.76. The second kappa shape index (κ2) is 6.37. The first kappa shape index (κ1) is 14.8. The number of nitrogens with one attached hydrogen (secondary N) is 1. The zero-order valence-corrected chi connectivity index (χ0v) is 11.3. The van der Waals surface area contributed by atoms with Gasteiger partial charge in [0.25, 0.3) is 0 Å². The Labute approximate surface area is 98.8 Å². The third-order valence-electron chi connectivity index (χ3n) is 2.39. The van der Waals surface area contributed by atoms with E-state index in [1.54, 1.807) is 0 Å². The van der Waals surface area contributed by atoms with E-state index in [1.807, 2.05) is 13.8 Å². The molecule has 2 unspecified atom stereocenters. The SMILES string of the molecule is CCC(C)C(=O)NCC(Cl)CC(C)(C)C. The summed E-state index contributed by atoms with van der Waals surface area (Å²) in [5, 5.41) is 2.91. The first-order valence-electron chi connectivity index (χ1n) is 5.68. The topological polar surface area (TPSA) is 29.1 Å². The molecule has 0 saturated carbocycles. The van der Waals surface area contributed by atoms with Gasteiger partial charge in [0.1, 0.15) is 0 Å². The van der Waals surface area contributed by atoms with E-state index in [9.17, 15) is 4.79 Å². The van der Waals surface area contributed by atoms with Gasteiger partial charge in [0, 0.05) is 12.5 Å². The predicted molar refractivity (Wildman–Crippen MR) is 66.2 cm³/mol. The number of hydrogen-bond donors (Lipinski definition) is 1. The van der Waals surface area contributed by atoms with Crippen LogP contribution in [0.3, 0.4) is 0 Å². The fourth-order valence-electron chi connectivity index (χ4n) is 1.31. The molecule has 0 fully saturated rings. The van der Waals surface area contributed by atoms with Crippen molar-refractivity contribution < 1.29 is 4.79 Å². The Morgan fingerprint density at radius 1 is 1.40 bits per heavy atom. The summed E-state index contributed by atoms with van der Waals surface area (Å²) in [6, 6.07) is 0. The van der Waals surface area contributed by atoms with Crippen LogP contribution >= 0.6 is 11.6 Å². The highest BCUT2D eigenvalue weighted by Gasteiger charge is 2.18. The molecule has 0 saturated heterocycles. The van der Waals surface area contributed by atoms with Crippen LogP contribution in [0.5, 0.6) is 0 Å². The third-order valence-corrected chi connectivity index (χ3v) is 2.70. The van der Waals surface area contributed by atoms with Crippen molar-refractivity contribution >= 4 is 17.5 Å². The average molecular weight is 234 g/mol. The van der Waals surface area contributed by atoms with Crippen molar-refractivity contribution in [2.45, 2.75) is 52.8 Å². The number of rotatable bonds is 5. The van der Waals surface area contributed by atoms with Gasteiger partial charge in [-0.25, -0.2) is 0 Å². The maximum absolute atomic E-state index is 11.5. The summed E-state index contributed by atoms with van der Waals surface area (Å²) in [6.07, 6.45) is 1.79. The summed E-state index contributed by atoms with van der Waals surface area (Å²) in [6.45, 7) is 11.0. The lowest BCUT2D eigenvalue weighted by atomic mass is 9.90. The van der Waals surface area contributed by atoms with Crippen molar-refractivity contribution in [2.75, 3.05) is 6.54 Å². The normalized spacial score (nSPS) is 15.9. The molecule has 0 aromatic rings. The zero-order valence-electron chi connectivity index (χ0n) is 10.6. The minimum absolute atomic E-state index is 0.0259. The number of alkyl halides is 1. The molecular formula is C12H24ClNO. The zero-order chi connectivity index (χ0) is 12.1. The molecule has 15 heavy (non-hydrogen) atoms. The van der Waals surface area contributed by atoms with Crippen LogP contribution in [0.4, 0.5) is 0 Å². The van der Waals surface area contributed by atoms with Gasteiger partial charge in [0.2, 0.25) is 5.91 Å². The lowest BCUT2D eigenvalue weighted by molar-refractivity contribution is -0.124. The molecule has 1 amide bonds. The van der Waals surface area contributed by atoms with Gasteiger partial charge >= 0.3 is 0 Å². The van der Waals surface area contributed by atoms with E-state index in [0.717, 1.165) is 12.8 Å². The highest BCUT2D eigenvalue weighted by molar-refractivity contribution is 6.20. The molecule has 0 aromatic carbocycles. The Morgan fingerprint density at radius 2 is 1.93 bits per heavy atom. The van der Waals surface area contributed by atoms with Crippen LogP contribution in [0.15, 0.2) is 0 Å². The minimum Gasteiger partial charge on any atom is -0.354 e. The Bertz CT molecular complexity index is 198. The number of amides is 1. The van der Waals surface area contributed by atoms with E-state index in [4.69, 9.17) is 11.6 Å². The minimum atomic E-state index is 0.0259. The summed E-state index contributed by atoms with van der Waals surface area (Å²) in [5.74, 6) is 0.195. The lowest BCUT2D eigenvalue weighted by Crippen LogP contribution is -2.34. The molecule has 0 aliphatic carbocycles. The van der Waals surface area contributed by atoms with Gasteiger partial charge in [-0.15, -0.1) is 11.6 Å². The van der Waals surface area contributed by atoms with E-state index in [2.05, 4.69) is 26.1 Å². The fraction of sp³-hybridized carbons (Fsp3) is 0.917. The quantitative estimate of drug-likeness (QED) is 0.726. The van der Waals surface area contributed by atoms with Gasteiger partial charge in [0.05, 0.1) is 5.38 Å². The maximum atomic E-state index is 11.5. The van der Waals surface area contributed by atoms with Gasteiger partial charge in [-0.05, 0) is 18.3 Å². The Hall–Kier alpha value is -0.240. The monoisotopic (exact) mass is 233 g/mol. The van der Waals surface area contributed by atoms with Crippen molar-refractivity contribution in [3.05, 3.63) is 0 Å². The van der Waals surface area contributed by atoms with Gasteiger partial charge in [-0.2, -0.15) is 0 Å². The first-order valence-corrected chi connectivity index (χ1v) is 6.11. The molecule has 2 atom stereocenters. The number of hydrogen-bond acceptors (Lipinski definition) is 1. The molecule has 90 valence electrons. The van der Waals surface area contributed by atoms with Crippen molar-refractivity contribution in [1.29, 1.82) is 0 Å². The van der Waals surface area contributed by atoms with Crippen molar-refractivity contribution in [3.63, 3.8) is 0 Å². The second-order valence-electron chi connectivity index (χ2n) is 5.42. The van der Waals surface area contributed by atoms with Crippen LogP contribution in [0.25, 0.3) is 0 Å². The molecule has 0 bridgehead atoms. The molecule has 0 heterocycles. The molecule has 0 radical (unpaired) electrons. The van der Waals surface area contributed by atoms with Crippen LogP contribution in [-0.2, 0) is 4.79 Å². The number of carbonyl (C=O) groups excluding carboxylic acids is 1. The highest BCUT2D eigenvalue weighted by atomic mass is 35.5. The van der Waals surface area contributed by atoms with Gasteiger partial charge in [0.15, 0.2) is 0 Å². The van der Waals surface area contributed by atoms with Crippen LogP contribution in [0.1, 0.15) is 47.5 Å². The van der Waals surface area contributed by atoms with E-state index < -0.39 is 0 Å². The number of halogens is 1.